The van der Waals surface area contributed by atoms with Crippen molar-refractivity contribution >= 4 is 5.57 Å². The van der Waals surface area contributed by atoms with Gasteiger partial charge in [-0.15, -0.1) is 0 Å². The van der Waals surface area contributed by atoms with Crippen LogP contribution in [0.25, 0.3) is 5.57 Å². The lowest BCUT2D eigenvalue weighted by Crippen LogP contribution is -2.38. The second-order valence-corrected chi connectivity index (χ2v) is 5.98. The molecule has 0 fully saturated rings. The van der Waals surface area contributed by atoms with E-state index in [0.717, 1.165) is 25.2 Å². The highest BCUT2D eigenvalue weighted by atomic mass is 15.1. The van der Waals surface area contributed by atoms with E-state index in [9.17, 15) is 0 Å². The molecule has 0 bridgehead atoms. The van der Waals surface area contributed by atoms with Crippen LogP contribution in [0, 0.1) is 5.41 Å². The molecule has 1 N–H and O–H groups in total. The van der Waals surface area contributed by atoms with Gasteiger partial charge >= 0.3 is 0 Å². The molecule has 100 valence electrons. The van der Waals surface area contributed by atoms with Gasteiger partial charge in [0.05, 0.1) is 0 Å². The Morgan fingerprint density at radius 3 is 2.39 bits per heavy atom. The summed E-state index contributed by atoms with van der Waals surface area (Å²) in [5.74, 6) is 0. The Hall–Kier alpha value is -1.12. The molecule has 0 aliphatic carbocycles. The highest BCUT2D eigenvalue weighted by molar-refractivity contribution is 5.64. The lowest BCUT2D eigenvalue weighted by Gasteiger charge is -2.28. The Kier molecular flexibility index (Phi) is 5.57. The van der Waals surface area contributed by atoms with Crippen LogP contribution >= 0.6 is 0 Å². The molecule has 0 saturated carbocycles. The lowest BCUT2D eigenvalue weighted by atomic mass is 9.93. The van der Waals surface area contributed by atoms with Gasteiger partial charge in [0, 0.05) is 19.6 Å². The zero-order valence-corrected chi connectivity index (χ0v) is 12.2. The number of nitrogens with one attached hydrogen (secondary N) is 1. The van der Waals surface area contributed by atoms with E-state index in [1.165, 1.54) is 5.56 Å². The van der Waals surface area contributed by atoms with Crippen molar-refractivity contribution in [3.63, 3.8) is 0 Å². The fourth-order valence-corrected chi connectivity index (χ4v) is 2.24. The third-order valence-corrected chi connectivity index (χ3v) is 2.87. The second-order valence-electron chi connectivity index (χ2n) is 5.98. The molecule has 0 saturated heterocycles. The van der Waals surface area contributed by atoms with Gasteiger partial charge < -0.3 is 10.2 Å². The zero-order valence-electron chi connectivity index (χ0n) is 12.2. The van der Waals surface area contributed by atoms with E-state index in [0.29, 0.717) is 0 Å². The summed E-state index contributed by atoms with van der Waals surface area (Å²) in [5.41, 5.74) is 2.65. The van der Waals surface area contributed by atoms with Gasteiger partial charge in [-0.3, -0.25) is 0 Å². The van der Waals surface area contributed by atoms with Crippen molar-refractivity contribution < 1.29 is 0 Å². The molecule has 0 aliphatic heterocycles. The van der Waals surface area contributed by atoms with Crippen LogP contribution in [0.2, 0.25) is 0 Å². The Balaban J connectivity index is 2.36. The molecule has 0 amide bonds. The summed E-state index contributed by atoms with van der Waals surface area (Å²) in [7, 11) is 4.23. The average molecular weight is 246 g/mol. The largest absolute Gasteiger partial charge is 0.312 e. The Morgan fingerprint density at radius 1 is 1.22 bits per heavy atom. The van der Waals surface area contributed by atoms with Gasteiger partial charge in [-0.2, -0.15) is 0 Å². The van der Waals surface area contributed by atoms with Crippen LogP contribution in [-0.2, 0) is 0 Å². The maximum atomic E-state index is 4.13. The molecule has 0 heterocycles. The summed E-state index contributed by atoms with van der Waals surface area (Å²) < 4.78 is 0. The van der Waals surface area contributed by atoms with E-state index in [4.69, 9.17) is 0 Å². The SMILES string of the molecule is C=C(CNCC(C)(C)CN(C)C)c1ccccc1. The molecule has 0 aliphatic rings. The van der Waals surface area contributed by atoms with Crippen LogP contribution in [-0.4, -0.2) is 38.6 Å². The summed E-state index contributed by atoms with van der Waals surface area (Å²) in [5, 5.41) is 3.50. The zero-order chi connectivity index (χ0) is 13.6. The highest BCUT2D eigenvalue weighted by Gasteiger charge is 2.18. The molecule has 1 aromatic carbocycles. The van der Waals surface area contributed by atoms with Gasteiger partial charge in [0.15, 0.2) is 0 Å². The number of hydrogen-bond donors (Lipinski definition) is 1. The quantitative estimate of drug-likeness (QED) is 0.796. The minimum atomic E-state index is 0.278. The van der Waals surface area contributed by atoms with E-state index < -0.39 is 0 Å². The molecule has 0 unspecified atom stereocenters. The first-order chi connectivity index (χ1) is 8.41. The van der Waals surface area contributed by atoms with E-state index in [1.54, 1.807) is 0 Å². The number of benzene rings is 1. The Bertz CT molecular complexity index is 366. The van der Waals surface area contributed by atoms with Crippen LogP contribution < -0.4 is 5.32 Å². The first-order valence-electron chi connectivity index (χ1n) is 6.49. The lowest BCUT2D eigenvalue weighted by molar-refractivity contribution is 0.235. The third kappa shape index (κ3) is 5.48. The predicted octanol–water partition coefficient (Wildman–Crippen LogP) is 2.88. The highest BCUT2D eigenvalue weighted by Crippen LogP contribution is 2.15. The van der Waals surface area contributed by atoms with Gasteiger partial charge in [-0.1, -0.05) is 50.8 Å². The number of nitrogens with zero attached hydrogens (tertiary/aromatic N) is 1. The standard InChI is InChI=1S/C16H26N2/c1-14(15-9-7-6-8-10-15)11-17-12-16(2,3)13-18(4)5/h6-10,17H,1,11-13H2,2-5H3. The van der Waals surface area contributed by atoms with Crippen molar-refractivity contribution in [1.29, 1.82) is 0 Å². The van der Waals surface area contributed by atoms with Crippen molar-refractivity contribution in [3.8, 4) is 0 Å². The molecule has 1 rings (SSSR count). The molecule has 0 spiro atoms. The number of rotatable bonds is 7. The van der Waals surface area contributed by atoms with Gasteiger partial charge in [0.25, 0.3) is 0 Å². The summed E-state index contributed by atoms with van der Waals surface area (Å²) in [6, 6.07) is 10.3. The fourth-order valence-electron chi connectivity index (χ4n) is 2.24. The minimum Gasteiger partial charge on any atom is -0.312 e. The maximum absolute atomic E-state index is 4.13. The summed E-state index contributed by atoms with van der Waals surface area (Å²) in [6.45, 7) is 11.6. The summed E-state index contributed by atoms with van der Waals surface area (Å²) in [4.78, 5) is 2.23. The molecular weight excluding hydrogens is 220 g/mol. The molecular formula is C16H26N2. The average Bonchev–Trinajstić information content (AvgIpc) is 2.28. The van der Waals surface area contributed by atoms with Gasteiger partial charge in [-0.05, 0) is 30.6 Å². The fraction of sp³-hybridized carbons (Fsp3) is 0.500. The van der Waals surface area contributed by atoms with Crippen molar-refractivity contribution in [2.45, 2.75) is 13.8 Å². The van der Waals surface area contributed by atoms with E-state index in [-0.39, 0.29) is 5.41 Å². The van der Waals surface area contributed by atoms with E-state index in [2.05, 4.69) is 69.0 Å². The molecule has 0 atom stereocenters. The van der Waals surface area contributed by atoms with Crippen LogP contribution in [0.15, 0.2) is 36.9 Å². The maximum Gasteiger partial charge on any atom is 0.0205 e. The second kappa shape index (κ2) is 6.72. The molecule has 0 radical (unpaired) electrons. The molecule has 2 heteroatoms. The molecule has 1 aromatic rings. The van der Waals surface area contributed by atoms with Crippen molar-refractivity contribution in [1.82, 2.24) is 10.2 Å². The van der Waals surface area contributed by atoms with Gasteiger partial charge in [0.2, 0.25) is 0 Å². The third-order valence-electron chi connectivity index (χ3n) is 2.87. The summed E-state index contributed by atoms with van der Waals surface area (Å²) in [6.07, 6.45) is 0. The van der Waals surface area contributed by atoms with Crippen molar-refractivity contribution in [2.75, 3.05) is 33.7 Å². The van der Waals surface area contributed by atoms with Crippen LogP contribution in [0.4, 0.5) is 0 Å². The Morgan fingerprint density at radius 2 is 1.83 bits per heavy atom. The van der Waals surface area contributed by atoms with E-state index >= 15 is 0 Å². The molecule has 2 nitrogen and oxygen atoms in total. The minimum absolute atomic E-state index is 0.278. The smallest absolute Gasteiger partial charge is 0.0205 e. The van der Waals surface area contributed by atoms with Crippen LogP contribution in [0.5, 0.6) is 0 Å². The first-order valence-corrected chi connectivity index (χ1v) is 6.49. The van der Waals surface area contributed by atoms with Gasteiger partial charge in [0.1, 0.15) is 0 Å². The number of hydrogen-bond acceptors (Lipinski definition) is 2. The predicted molar refractivity (Wildman–Crippen MR) is 80.7 cm³/mol. The normalized spacial score (nSPS) is 11.8. The first kappa shape index (κ1) is 14.9. The van der Waals surface area contributed by atoms with Crippen molar-refractivity contribution in [2.24, 2.45) is 5.41 Å². The van der Waals surface area contributed by atoms with Crippen molar-refractivity contribution in [3.05, 3.63) is 42.5 Å². The topological polar surface area (TPSA) is 15.3 Å². The Labute approximate surface area is 112 Å². The van der Waals surface area contributed by atoms with E-state index in [1.807, 2.05) is 6.07 Å². The van der Waals surface area contributed by atoms with Crippen LogP contribution in [0.3, 0.4) is 0 Å². The van der Waals surface area contributed by atoms with Crippen LogP contribution in [0.1, 0.15) is 19.4 Å². The van der Waals surface area contributed by atoms with Gasteiger partial charge in [-0.25, -0.2) is 0 Å². The monoisotopic (exact) mass is 246 g/mol. The summed E-state index contributed by atoms with van der Waals surface area (Å²) >= 11 is 0. The molecule has 0 aromatic heterocycles. The molecule has 18 heavy (non-hydrogen) atoms.